The number of ether oxygens (including phenoxy) is 1. The van der Waals surface area contributed by atoms with Crippen LogP contribution < -0.4 is 4.90 Å². The number of nitrogens with zero attached hydrogens (tertiary/aromatic N) is 4. The maximum Gasteiger partial charge on any atom is 0.435 e. The Morgan fingerprint density at radius 3 is 2.34 bits per heavy atom. The van der Waals surface area contributed by atoms with Crippen LogP contribution >= 0.6 is 11.8 Å². The average molecular weight is 433 g/mol. The van der Waals surface area contributed by atoms with Crippen LogP contribution in [0.3, 0.4) is 0 Å². The first-order chi connectivity index (χ1) is 13.4. The molecule has 0 aromatic carbocycles. The van der Waals surface area contributed by atoms with Crippen molar-refractivity contribution >= 4 is 23.5 Å². The summed E-state index contributed by atoms with van der Waals surface area (Å²) in [6, 6.07) is 0. The highest BCUT2D eigenvalue weighted by Crippen LogP contribution is 2.44. The Bertz CT molecular complexity index is 759. The molecule has 0 unspecified atom stereocenters. The van der Waals surface area contributed by atoms with Crippen molar-refractivity contribution in [3.8, 4) is 0 Å². The molecule has 1 aromatic rings. The molecule has 0 atom stereocenters. The highest BCUT2D eigenvalue weighted by atomic mass is 32.2. The molecule has 0 aliphatic carbocycles. The van der Waals surface area contributed by atoms with E-state index in [1.807, 2.05) is 20.8 Å². The first-order valence-corrected chi connectivity index (χ1v) is 10.9. The fraction of sp³-hybridized carbons (Fsp3) is 0.737. The van der Waals surface area contributed by atoms with Crippen LogP contribution in [-0.4, -0.2) is 59.0 Å². The zero-order valence-corrected chi connectivity index (χ0v) is 18.0. The molecule has 2 aliphatic rings. The number of alkyl halides is 3. The van der Waals surface area contributed by atoms with E-state index in [2.05, 4.69) is 9.97 Å². The van der Waals surface area contributed by atoms with E-state index in [0.717, 1.165) is 31.0 Å². The van der Waals surface area contributed by atoms with Gasteiger partial charge in [0.2, 0.25) is 0 Å². The molecule has 29 heavy (non-hydrogen) atoms. The minimum Gasteiger partial charge on any atom is -0.444 e. The van der Waals surface area contributed by atoms with Gasteiger partial charge in [-0.1, -0.05) is 11.8 Å². The molecule has 0 saturated carbocycles. The SMILES string of the molecule is CSc1ncc(N2CCC3(CCN(C(=O)OC(C)(C)C)CC3)C2)c(C(F)(F)F)n1. The number of aromatic nitrogens is 2. The Labute approximate surface area is 173 Å². The number of hydrogen-bond acceptors (Lipinski definition) is 6. The molecule has 3 heterocycles. The minimum absolute atomic E-state index is 0.0433. The summed E-state index contributed by atoms with van der Waals surface area (Å²) in [5.74, 6) is 0. The quantitative estimate of drug-likeness (QED) is 0.509. The lowest BCUT2D eigenvalue weighted by molar-refractivity contribution is -0.141. The molecule has 162 valence electrons. The van der Waals surface area contributed by atoms with Gasteiger partial charge in [-0.15, -0.1) is 0 Å². The topological polar surface area (TPSA) is 58.6 Å². The lowest BCUT2D eigenvalue weighted by Gasteiger charge is -2.39. The summed E-state index contributed by atoms with van der Waals surface area (Å²) in [7, 11) is 0. The van der Waals surface area contributed by atoms with Gasteiger partial charge in [-0.05, 0) is 51.7 Å². The third-order valence-corrected chi connectivity index (χ3v) is 6.02. The molecular weight excluding hydrogens is 405 g/mol. The Kier molecular flexibility index (Phi) is 5.95. The molecule has 3 rings (SSSR count). The summed E-state index contributed by atoms with van der Waals surface area (Å²) >= 11 is 1.09. The van der Waals surface area contributed by atoms with Gasteiger partial charge in [0, 0.05) is 26.2 Å². The molecular formula is C19H27F3N4O2S. The number of likely N-dealkylation sites (tertiary alicyclic amines) is 1. The van der Waals surface area contributed by atoms with Crippen molar-refractivity contribution in [3.05, 3.63) is 11.9 Å². The normalized spacial score (nSPS) is 19.7. The van der Waals surface area contributed by atoms with Crippen LogP contribution in [-0.2, 0) is 10.9 Å². The second kappa shape index (κ2) is 7.85. The Morgan fingerprint density at radius 2 is 1.79 bits per heavy atom. The largest absolute Gasteiger partial charge is 0.444 e. The monoisotopic (exact) mass is 432 g/mol. The van der Waals surface area contributed by atoms with Gasteiger partial charge < -0.3 is 14.5 Å². The average Bonchev–Trinajstić information content (AvgIpc) is 3.03. The van der Waals surface area contributed by atoms with Gasteiger partial charge in [0.15, 0.2) is 10.9 Å². The van der Waals surface area contributed by atoms with Gasteiger partial charge in [-0.25, -0.2) is 14.8 Å². The first-order valence-electron chi connectivity index (χ1n) is 9.64. The number of amides is 1. The first kappa shape index (κ1) is 22.0. The summed E-state index contributed by atoms with van der Waals surface area (Å²) in [4.78, 5) is 23.5. The van der Waals surface area contributed by atoms with Crippen molar-refractivity contribution in [1.82, 2.24) is 14.9 Å². The molecule has 2 fully saturated rings. The van der Waals surface area contributed by atoms with Gasteiger partial charge in [-0.3, -0.25) is 0 Å². The van der Waals surface area contributed by atoms with Gasteiger partial charge in [0.1, 0.15) is 5.60 Å². The highest BCUT2D eigenvalue weighted by Gasteiger charge is 2.45. The summed E-state index contributed by atoms with van der Waals surface area (Å²) in [6.07, 6.45) is 0.356. The molecule has 0 bridgehead atoms. The maximum absolute atomic E-state index is 13.5. The second-order valence-electron chi connectivity index (χ2n) is 8.73. The van der Waals surface area contributed by atoms with Crippen LogP contribution in [0.1, 0.15) is 45.7 Å². The van der Waals surface area contributed by atoms with Gasteiger partial charge in [0.05, 0.1) is 11.9 Å². The van der Waals surface area contributed by atoms with E-state index in [1.165, 1.54) is 6.20 Å². The number of hydrogen-bond donors (Lipinski definition) is 0. The van der Waals surface area contributed by atoms with E-state index in [-0.39, 0.29) is 22.4 Å². The highest BCUT2D eigenvalue weighted by molar-refractivity contribution is 7.98. The third kappa shape index (κ3) is 5.07. The number of piperidine rings is 1. The number of rotatable bonds is 2. The molecule has 0 radical (unpaired) electrons. The predicted octanol–water partition coefficient (Wildman–Crippen LogP) is 4.44. The number of halogens is 3. The van der Waals surface area contributed by atoms with Gasteiger partial charge >= 0.3 is 12.3 Å². The summed E-state index contributed by atoms with van der Waals surface area (Å²) in [5, 5.41) is 0.112. The third-order valence-electron chi connectivity index (χ3n) is 5.45. The fourth-order valence-corrected chi connectivity index (χ4v) is 4.28. The van der Waals surface area contributed by atoms with Gasteiger partial charge in [0.25, 0.3) is 0 Å². The van der Waals surface area contributed by atoms with Crippen molar-refractivity contribution in [2.45, 2.75) is 57.0 Å². The number of thioether (sulfide) groups is 1. The van der Waals surface area contributed by atoms with Crippen molar-refractivity contribution in [2.75, 3.05) is 37.3 Å². The Balaban J connectivity index is 1.69. The fourth-order valence-electron chi connectivity index (χ4n) is 3.94. The lowest BCUT2D eigenvalue weighted by Crippen LogP contribution is -2.46. The van der Waals surface area contributed by atoms with Crippen molar-refractivity contribution in [2.24, 2.45) is 5.41 Å². The molecule has 1 amide bonds. The van der Waals surface area contributed by atoms with Crippen molar-refractivity contribution in [1.29, 1.82) is 0 Å². The van der Waals surface area contributed by atoms with Crippen LogP contribution in [0.25, 0.3) is 0 Å². The van der Waals surface area contributed by atoms with E-state index in [4.69, 9.17) is 4.74 Å². The zero-order valence-electron chi connectivity index (χ0n) is 17.2. The molecule has 1 aromatic heterocycles. The van der Waals surface area contributed by atoms with Crippen LogP contribution in [0.15, 0.2) is 11.4 Å². The number of carbonyl (C=O) groups is 1. The van der Waals surface area contributed by atoms with Crippen molar-refractivity contribution in [3.63, 3.8) is 0 Å². The summed E-state index contributed by atoms with van der Waals surface area (Å²) in [6.45, 7) is 7.63. The van der Waals surface area contributed by atoms with E-state index in [9.17, 15) is 18.0 Å². The van der Waals surface area contributed by atoms with E-state index in [0.29, 0.717) is 26.2 Å². The van der Waals surface area contributed by atoms with Crippen LogP contribution in [0, 0.1) is 5.41 Å². The van der Waals surface area contributed by atoms with Crippen LogP contribution in [0.4, 0.5) is 23.7 Å². The zero-order chi connectivity index (χ0) is 21.4. The molecule has 1 spiro atoms. The predicted molar refractivity (Wildman–Crippen MR) is 105 cm³/mol. The number of carbonyl (C=O) groups excluding carboxylic acids is 1. The van der Waals surface area contributed by atoms with E-state index in [1.54, 1.807) is 16.1 Å². The second-order valence-corrected chi connectivity index (χ2v) is 9.50. The van der Waals surface area contributed by atoms with Crippen LogP contribution in [0.5, 0.6) is 0 Å². The lowest BCUT2D eigenvalue weighted by atomic mass is 9.78. The smallest absolute Gasteiger partial charge is 0.435 e. The molecule has 10 heteroatoms. The van der Waals surface area contributed by atoms with E-state index >= 15 is 0 Å². The van der Waals surface area contributed by atoms with Gasteiger partial charge in [-0.2, -0.15) is 13.2 Å². The summed E-state index contributed by atoms with van der Waals surface area (Å²) in [5.41, 5.74) is -1.48. The Hall–Kier alpha value is -1.71. The standard InChI is InChI=1S/C19H27F3N4O2S/c1-17(2,3)28-16(27)25-8-5-18(6-9-25)7-10-26(12-18)13-11-23-15(29-4)24-14(13)19(20,21)22/h11H,5-10,12H2,1-4H3. The number of anilines is 1. The molecule has 0 N–H and O–H groups in total. The molecule has 6 nitrogen and oxygen atoms in total. The van der Waals surface area contributed by atoms with Crippen LogP contribution in [0.2, 0.25) is 0 Å². The summed E-state index contributed by atoms with van der Waals surface area (Å²) < 4.78 is 46.1. The molecule has 2 aliphatic heterocycles. The Morgan fingerprint density at radius 1 is 1.17 bits per heavy atom. The van der Waals surface area contributed by atoms with E-state index < -0.39 is 17.5 Å². The van der Waals surface area contributed by atoms with Crippen molar-refractivity contribution < 1.29 is 22.7 Å². The minimum atomic E-state index is -4.53. The maximum atomic E-state index is 13.5. The molecule has 2 saturated heterocycles.